The Morgan fingerprint density at radius 2 is 1.72 bits per heavy atom. The maximum Gasteiger partial charge on any atom is 0.266 e. The second-order valence-electron chi connectivity index (χ2n) is 7.41. The van der Waals surface area contributed by atoms with E-state index in [4.69, 9.17) is 14.5 Å². The van der Waals surface area contributed by atoms with Crippen molar-refractivity contribution < 1.29 is 9.47 Å². The first-order valence-electron chi connectivity index (χ1n) is 10.8. The molecule has 0 bridgehead atoms. The molecule has 162 valence electrons. The topological polar surface area (TPSA) is 53.3 Å². The van der Waals surface area contributed by atoms with E-state index in [9.17, 15) is 4.79 Å². The standard InChI is InChI=1S/C27H26N2O3/c1-3-4-18-32-25-19-20(14-16-24(25)31-2)15-17-26-28-23-13-9-8-12-22(23)27(30)29(26)21-10-6-5-7-11-21/h5-17,19H,3-4,18H2,1-2H3/b17-15+. The summed E-state index contributed by atoms with van der Waals surface area (Å²) < 4.78 is 13.0. The van der Waals surface area contributed by atoms with E-state index in [1.165, 1.54) is 0 Å². The maximum absolute atomic E-state index is 13.3. The summed E-state index contributed by atoms with van der Waals surface area (Å²) in [5, 5.41) is 0.588. The molecule has 5 heteroatoms. The van der Waals surface area contributed by atoms with E-state index in [2.05, 4.69) is 6.92 Å². The van der Waals surface area contributed by atoms with Crippen LogP contribution in [-0.2, 0) is 0 Å². The molecule has 0 unspecified atom stereocenters. The fourth-order valence-electron chi connectivity index (χ4n) is 3.50. The number of rotatable bonds is 8. The average Bonchev–Trinajstić information content (AvgIpc) is 2.83. The van der Waals surface area contributed by atoms with Gasteiger partial charge in [-0.05, 0) is 54.5 Å². The number of fused-ring (bicyclic) bond motifs is 1. The second-order valence-corrected chi connectivity index (χ2v) is 7.41. The van der Waals surface area contributed by atoms with Gasteiger partial charge in [0.1, 0.15) is 5.82 Å². The van der Waals surface area contributed by atoms with E-state index in [1.54, 1.807) is 17.7 Å². The molecule has 0 saturated carbocycles. The number of benzene rings is 3. The third-order valence-electron chi connectivity index (χ3n) is 5.18. The molecule has 3 aromatic carbocycles. The summed E-state index contributed by atoms with van der Waals surface area (Å²) in [4.78, 5) is 18.1. The molecule has 0 aliphatic carbocycles. The molecular formula is C27H26N2O3. The fraction of sp³-hybridized carbons (Fsp3) is 0.185. The predicted molar refractivity (Wildman–Crippen MR) is 130 cm³/mol. The summed E-state index contributed by atoms with van der Waals surface area (Å²) in [6, 6.07) is 22.7. The van der Waals surface area contributed by atoms with Crippen LogP contribution in [0.1, 0.15) is 31.2 Å². The highest BCUT2D eigenvalue weighted by Crippen LogP contribution is 2.29. The van der Waals surface area contributed by atoms with Gasteiger partial charge in [0.15, 0.2) is 11.5 Å². The first-order valence-corrected chi connectivity index (χ1v) is 10.8. The van der Waals surface area contributed by atoms with Crippen LogP contribution in [0.4, 0.5) is 0 Å². The highest BCUT2D eigenvalue weighted by Gasteiger charge is 2.11. The van der Waals surface area contributed by atoms with Crippen molar-refractivity contribution in [3.63, 3.8) is 0 Å². The van der Waals surface area contributed by atoms with Crippen LogP contribution >= 0.6 is 0 Å². The molecule has 0 amide bonds. The van der Waals surface area contributed by atoms with E-state index in [0.29, 0.717) is 34.8 Å². The second kappa shape index (κ2) is 9.96. The Hall–Kier alpha value is -3.86. The van der Waals surface area contributed by atoms with Gasteiger partial charge in [-0.25, -0.2) is 4.98 Å². The van der Waals surface area contributed by atoms with Gasteiger partial charge >= 0.3 is 0 Å². The Balaban J connectivity index is 1.77. The fourth-order valence-corrected chi connectivity index (χ4v) is 3.50. The molecule has 0 radical (unpaired) electrons. The largest absolute Gasteiger partial charge is 0.493 e. The van der Waals surface area contributed by atoms with Crippen LogP contribution in [-0.4, -0.2) is 23.3 Å². The van der Waals surface area contributed by atoms with Crippen molar-refractivity contribution in [2.75, 3.05) is 13.7 Å². The van der Waals surface area contributed by atoms with Gasteiger partial charge in [0.25, 0.3) is 5.56 Å². The Morgan fingerprint density at radius 1 is 0.938 bits per heavy atom. The molecule has 4 aromatic rings. The van der Waals surface area contributed by atoms with E-state index >= 15 is 0 Å². The van der Waals surface area contributed by atoms with Gasteiger partial charge in [0.05, 0.1) is 30.3 Å². The lowest BCUT2D eigenvalue weighted by atomic mass is 10.1. The zero-order chi connectivity index (χ0) is 22.3. The van der Waals surface area contributed by atoms with Gasteiger partial charge in [-0.2, -0.15) is 0 Å². The number of unbranched alkanes of at least 4 members (excludes halogenated alkanes) is 1. The molecule has 0 aliphatic heterocycles. The number of hydrogen-bond donors (Lipinski definition) is 0. The van der Waals surface area contributed by atoms with Crippen LogP contribution in [0.2, 0.25) is 0 Å². The number of aromatic nitrogens is 2. The minimum absolute atomic E-state index is 0.0974. The molecule has 1 aromatic heterocycles. The molecule has 0 aliphatic rings. The van der Waals surface area contributed by atoms with Crippen LogP contribution in [0.3, 0.4) is 0 Å². The van der Waals surface area contributed by atoms with Crippen molar-refractivity contribution in [3.05, 3.63) is 94.5 Å². The van der Waals surface area contributed by atoms with Crippen LogP contribution < -0.4 is 15.0 Å². The lowest BCUT2D eigenvalue weighted by molar-refractivity contribution is 0.288. The third kappa shape index (κ3) is 4.57. The lowest BCUT2D eigenvalue weighted by Crippen LogP contribution is -2.22. The molecule has 0 spiro atoms. The molecule has 0 N–H and O–H groups in total. The summed E-state index contributed by atoms with van der Waals surface area (Å²) in [6.45, 7) is 2.77. The van der Waals surface area contributed by atoms with Gasteiger partial charge < -0.3 is 9.47 Å². The van der Waals surface area contributed by atoms with Gasteiger partial charge in [-0.15, -0.1) is 0 Å². The Kier molecular flexibility index (Phi) is 6.66. The summed E-state index contributed by atoms with van der Waals surface area (Å²) in [7, 11) is 1.63. The zero-order valence-electron chi connectivity index (χ0n) is 18.3. The van der Waals surface area contributed by atoms with Crippen LogP contribution in [0.15, 0.2) is 77.6 Å². The lowest BCUT2D eigenvalue weighted by Gasteiger charge is -2.12. The Labute approximate surface area is 187 Å². The van der Waals surface area contributed by atoms with Crippen molar-refractivity contribution in [2.45, 2.75) is 19.8 Å². The van der Waals surface area contributed by atoms with Gasteiger partial charge in [-0.3, -0.25) is 9.36 Å². The molecule has 5 nitrogen and oxygen atoms in total. The van der Waals surface area contributed by atoms with Gasteiger partial charge in [-0.1, -0.05) is 55.8 Å². The highest BCUT2D eigenvalue weighted by molar-refractivity contribution is 5.80. The molecule has 32 heavy (non-hydrogen) atoms. The monoisotopic (exact) mass is 426 g/mol. The minimum Gasteiger partial charge on any atom is -0.493 e. The van der Waals surface area contributed by atoms with E-state index in [-0.39, 0.29) is 5.56 Å². The normalized spacial score (nSPS) is 11.2. The van der Waals surface area contributed by atoms with Crippen molar-refractivity contribution in [3.8, 4) is 17.2 Å². The van der Waals surface area contributed by atoms with Crippen molar-refractivity contribution in [2.24, 2.45) is 0 Å². The quantitative estimate of drug-likeness (QED) is 0.337. The number of ether oxygens (including phenoxy) is 2. The molecule has 0 saturated heterocycles. The van der Waals surface area contributed by atoms with E-state index in [0.717, 1.165) is 24.1 Å². The Morgan fingerprint density at radius 3 is 2.50 bits per heavy atom. The summed E-state index contributed by atoms with van der Waals surface area (Å²) >= 11 is 0. The molecule has 1 heterocycles. The first kappa shape index (κ1) is 21.4. The maximum atomic E-state index is 13.3. The van der Waals surface area contributed by atoms with E-state index in [1.807, 2.05) is 78.9 Å². The summed E-state index contributed by atoms with van der Waals surface area (Å²) in [6.07, 6.45) is 5.83. The van der Waals surface area contributed by atoms with Crippen LogP contribution in [0.25, 0.3) is 28.7 Å². The molecular weight excluding hydrogens is 400 g/mol. The van der Waals surface area contributed by atoms with Crippen molar-refractivity contribution in [1.82, 2.24) is 9.55 Å². The zero-order valence-corrected chi connectivity index (χ0v) is 18.3. The van der Waals surface area contributed by atoms with Gasteiger partial charge in [0.2, 0.25) is 0 Å². The predicted octanol–water partition coefficient (Wildman–Crippen LogP) is 5.74. The van der Waals surface area contributed by atoms with Crippen LogP contribution in [0.5, 0.6) is 11.5 Å². The number of methoxy groups -OCH3 is 1. The molecule has 4 rings (SSSR count). The average molecular weight is 427 g/mol. The summed E-state index contributed by atoms with van der Waals surface area (Å²) in [5.41, 5.74) is 2.27. The van der Waals surface area contributed by atoms with E-state index < -0.39 is 0 Å². The Bertz CT molecular complexity index is 1290. The first-order chi connectivity index (χ1) is 15.7. The number of nitrogens with zero attached hydrogens (tertiary/aromatic N) is 2. The van der Waals surface area contributed by atoms with Crippen molar-refractivity contribution in [1.29, 1.82) is 0 Å². The highest BCUT2D eigenvalue weighted by atomic mass is 16.5. The number of hydrogen-bond acceptors (Lipinski definition) is 4. The van der Waals surface area contributed by atoms with Crippen LogP contribution in [0, 0.1) is 0 Å². The summed E-state index contributed by atoms with van der Waals surface area (Å²) in [5.74, 6) is 1.96. The van der Waals surface area contributed by atoms with Gasteiger partial charge in [0, 0.05) is 0 Å². The van der Waals surface area contributed by atoms with Crippen molar-refractivity contribution >= 4 is 23.1 Å². The minimum atomic E-state index is -0.0974. The SMILES string of the molecule is CCCCOc1cc(/C=C/c2nc3ccccc3c(=O)n2-c2ccccc2)ccc1OC. The third-order valence-corrected chi connectivity index (χ3v) is 5.18. The molecule has 0 atom stereocenters. The number of para-hydroxylation sites is 2. The molecule has 0 fully saturated rings. The smallest absolute Gasteiger partial charge is 0.266 e.